The molecule has 0 radical (unpaired) electrons. The summed E-state index contributed by atoms with van der Waals surface area (Å²) in [4.78, 5) is 23.3. The molecule has 1 rings (SSSR count). The minimum absolute atomic E-state index is 0.285. The van der Waals surface area contributed by atoms with Crippen LogP contribution < -0.4 is 5.32 Å². The maximum Gasteiger partial charge on any atom is 0.288 e. The minimum Gasteiger partial charge on any atom is -0.350 e. The Bertz CT molecular complexity index is 292. The molecule has 0 aromatic carbocycles. The molecule has 90 valence electrons. The number of allylic oxidation sites excluding steroid dienone is 1. The molecular weight excluding hydrogens is 202 g/mol. The highest BCUT2D eigenvalue weighted by Gasteiger charge is 2.28. The Balaban J connectivity index is 2.49. The van der Waals surface area contributed by atoms with Gasteiger partial charge in [0.15, 0.2) is 0 Å². The first-order valence-corrected chi connectivity index (χ1v) is 6.03. The van der Waals surface area contributed by atoms with Crippen molar-refractivity contribution >= 4 is 11.7 Å². The fraction of sp³-hybridized carbons (Fsp3) is 0.692. The predicted octanol–water partition coefficient (Wildman–Crippen LogP) is 2.07. The second-order valence-electron chi connectivity index (χ2n) is 4.64. The zero-order valence-electron chi connectivity index (χ0n) is 10.2. The van der Waals surface area contributed by atoms with Gasteiger partial charge in [-0.2, -0.15) is 0 Å². The molecule has 0 heterocycles. The van der Waals surface area contributed by atoms with Gasteiger partial charge in [-0.15, -0.1) is 0 Å². The summed E-state index contributed by atoms with van der Waals surface area (Å²) in [6, 6.07) is 0. The Morgan fingerprint density at radius 2 is 2.06 bits per heavy atom. The van der Waals surface area contributed by atoms with E-state index in [0.29, 0.717) is 6.54 Å². The molecule has 1 fully saturated rings. The Morgan fingerprint density at radius 3 is 2.50 bits per heavy atom. The summed E-state index contributed by atoms with van der Waals surface area (Å²) in [5.41, 5.74) is 0.803. The summed E-state index contributed by atoms with van der Waals surface area (Å²) in [5, 5.41) is 2.55. The van der Waals surface area contributed by atoms with E-state index in [9.17, 15) is 9.59 Å². The van der Waals surface area contributed by atoms with Crippen LogP contribution in [0, 0.1) is 11.8 Å². The number of Topliss-reactive ketones (excluding diaryl/α,β-unsaturated/α-hetero) is 1. The topological polar surface area (TPSA) is 46.2 Å². The summed E-state index contributed by atoms with van der Waals surface area (Å²) in [5.74, 6) is -0.294. The van der Waals surface area contributed by atoms with Gasteiger partial charge in [-0.1, -0.05) is 25.0 Å². The lowest BCUT2D eigenvalue weighted by molar-refractivity contribution is -0.139. The highest BCUT2D eigenvalue weighted by atomic mass is 16.2. The second-order valence-corrected chi connectivity index (χ2v) is 4.64. The maximum atomic E-state index is 11.8. The molecule has 0 aliphatic heterocycles. The van der Waals surface area contributed by atoms with Crippen molar-refractivity contribution in [2.45, 2.75) is 39.5 Å². The fourth-order valence-electron chi connectivity index (χ4n) is 1.82. The number of hydrogen-bond acceptors (Lipinski definition) is 2. The molecule has 0 aromatic rings. The zero-order chi connectivity index (χ0) is 12.1. The van der Waals surface area contributed by atoms with Crippen LogP contribution in [-0.2, 0) is 9.59 Å². The van der Waals surface area contributed by atoms with Gasteiger partial charge in [0.2, 0.25) is 5.78 Å². The molecule has 0 unspecified atom stereocenters. The molecule has 0 bridgehead atoms. The van der Waals surface area contributed by atoms with Crippen molar-refractivity contribution in [3.05, 3.63) is 12.2 Å². The number of hydrogen-bond donors (Lipinski definition) is 1. The average Bonchev–Trinajstić information content (AvgIpc) is 3.01. The van der Waals surface area contributed by atoms with Gasteiger partial charge in [-0.25, -0.2) is 0 Å². The number of amides is 1. The fourth-order valence-corrected chi connectivity index (χ4v) is 1.82. The van der Waals surface area contributed by atoms with Crippen molar-refractivity contribution in [3.63, 3.8) is 0 Å². The van der Waals surface area contributed by atoms with Crippen LogP contribution in [0.5, 0.6) is 0 Å². The van der Waals surface area contributed by atoms with Crippen LogP contribution in [0.25, 0.3) is 0 Å². The van der Waals surface area contributed by atoms with E-state index < -0.39 is 5.91 Å². The van der Waals surface area contributed by atoms with Gasteiger partial charge in [0, 0.05) is 12.5 Å². The second kappa shape index (κ2) is 5.83. The molecule has 1 aliphatic carbocycles. The molecule has 3 heteroatoms. The molecule has 1 amide bonds. The SMILES string of the molecule is C=C(C)[C@@H](CCC1CC1)C(=O)C(=O)NCC. The molecule has 1 aliphatic rings. The van der Waals surface area contributed by atoms with E-state index in [2.05, 4.69) is 11.9 Å². The minimum atomic E-state index is -0.466. The van der Waals surface area contributed by atoms with Crippen molar-refractivity contribution in [1.82, 2.24) is 5.32 Å². The van der Waals surface area contributed by atoms with Crippen molar-refractivity contribution in [2.24, 2.45) is 11.8 Å². The smallest absolute Gasteiger partial charge is 0.288 e. The van der Waals surface area contributed by atoms with Crippen molar-refractivity contribution < 1.29 is 9.59 Å². The summed E-state index contributed by atoms with van der Waals surface area (Å²) >= 11 is 0. The highest BCUT2D eigenvalue weighted by molar-refractivity contribution is 6.37. The van der Waals surface area contributed by atoms with E-state index in [-0.39, 0.29) is 11.7 Å². The normalized spacial score (nSPS) is 16.6. The summed E-state index contributed by atoms with van der Waals surface area (Å²) < 4.78 is 0. The van der Waals surface area contributed by atoms with Crippen LogP contribution in [0.1, 0.15) is 39.5 Å². The highest BCUT2D eigenvalue weighted by Crippen LogP contribution is 2.35. The predicted molar refractivity (Wildman–Crippen MR) is 64.0 cm³/mol. The molecule has 1 N–H and O–H groups in total. The van der Waals surface area contributed by atoms with Crippen molar-refractivity contribution in [1.29, 1.82) is 0 Å². The zero-order valence-corrected chi connectivity index (χ0v) is 10.2. The van der Waals surface area contributed by atoms with Crippen molar-refractivity contribution in [3.8, 4) is 0 Å². The van der Waals surface area contributed by atoms with E-state index in [1.54, 1.807) is 0 Å². The molecule has 1 saturated carbocycles. The Morgan fingerprint density at radius 1 is 1.44 bits per heavy atom. The van der Waals surface area contributed by atoms with E-state index in [0.717, 1.165) is 24.3 Å². The van der Waals surface area contributed by atoms with E-state index >= 15 is 0 Å². The Kier molecular flexibility index (Phi) is 4.71. The molecule has 0 spiro atoms. The van der Waals surface area contributed by atoms with Gasteiger partial charge >= 0.3 is 0 Å². The van der Waals surface area contributed by atoms with Crippen LogP contribution in [0.3, 0.4) is 0 Å². The molecule has 3 nitrogen and oxygen atoms in total. The number of likely N-dealkylation sites (N-methyl/N-ethyl adjacent to an activating group) is 1. The van der Waals surface area contributed by atoms with Crippen molar-refractivity contribution in [2.75, 3.05) is 6.54 Å². The third-order valence-electron chi connectivity index (χ3n) is 3.03. The summed E-state index contributed by atoms with van der Waals surface area (Å²) in [6.07, 6.45) is 4.37. The molecule has 0 aromatic heterocycles. The van der Waals surface area contributed by atoms with Crippen LogP contribution >= 0.6 is 0 Å². The van der Waals surface area contributed by atoms with Crippen LogP contribution in [0.2, 0.25) is 0 Å². The number of carbonyl (C=O) groups excluding carboxylic acids is 2. The molecular formula is C13H21NO2. The number of nitrogens with one attached hydrogen (secondary N) is 1. The van der Waals surface area contributed by atoms with E-state index in [4.69, 9.17) is 0 Å². The van der Waals surface area contributed by atoms with Gasteiger partial charge in [0.1, 0.15) is 0 Å². The van der Waals surface area contributed by atoms with Gasteiger partial charge in [0.05, 0.1) is 0 Å². The lowest BCUT2D eigenvalue weighted by Gasteiger charge is -2.14. The lowest BCUT2D eigenvalue weighted by atomic mass is 9.90. The Hall–Kier alpha value is -1.12. The standard InChI is InChI=1S/C13H21NO2/c1-4-14-13(16)12(15)11(9(2)3)8-7-10-5-6-10/h10-11H,2,4-8H2,1,3H3,(H,14,16)/t11-/m1/s1. The quantitative estimate of drug-likeness (QED) is 0.530. The molecule has 16 heavy (non-hydrogen) atoms. The van der Waals surface area contributed by atoms with Crippen LogP contribution in [-0.4, -0.2) is 18.2 Å². The van der Waals surface area contributed by atoms with E-state index in [1.807, 2.05) is 13.8 Å². The summed E-state index contributed by atoms with van der Waals surface area (Å²) in [6.45, 7) is 7.95. The largest absolute Gasteiger partial charge is 0.350 e. The van der Waals surface area contributed by atoms with Gasteiger partial charge in [-0.3, -0.25) is 9.59 Å². The first-order valence-electron chi connectivity index (χ1n) is 6.03. The van der Waals surface area contributed by atoms with Gasteiger partial charge in [-0.05, 0) is 32.6 Å². The third-order valence-corrected chi connectivity index (χ3v) is 3.03. The first kappa shape index (κ1) is 12.9. The molecule has 1 atom stereocenters. The van der Waals surface area contributed by atoms with E-state index in [1.165, 1.54) is 12.8 Å². The number of rotatable bonds is 7. The first-order chi connectivity index (χ1) is 7.56. The van der Waals surface area contributed by atoms with Crippen LogP contribution in [0.15, 0.2) is 12.2 Å². The maximum absolute atomic E-state index is 11.8. The third kappa shape index (κ3) is 3.80. The Labute approximate surface area is 97.3 Å². The van der Waals surface area contributed by atoms with Gasteiger partial charge in [0.25, 0.3) is 5.91 Å². The van der Waals surface area contributed by atoms with Crippen LogP contribution in [0.4, 0.5) is 0 Å². The monoisotopic (exact) mass is 223 g/mol. The summed E-state index contributed by atoms with van der Waals surface area (Å²) in [7, 11) is 0. The molecule has 0 saturated heterocycles. The average molecular weight is 223 g/mol. The number of carbonyl (C=O) groups is 2. The van der Waals surface area contributed by atoms with Gasteiger partial charge < -0.3 is 5.32 Å². The lowest BCUT2D eigenvalue weighted by Crippen LogP contribution is -2.35. The number of ketones is 1.